The monoisotopic (exact) mass is 346 g/mol. The van der Waals surface area contributed by atoms with Gasteiger partial charge in [-0.2, -0.15) is 13.2 Å². The summed E-state index contributed by atoms with van der Waals surface area (Å²) in [5, 5.41) is 0.205. The molecule has 0 heterocycles. The van der Waals surface area contributed by atoms with Gasteiger partial charge in [-0.25, -0.2) is 4.79 Å². The molecule has 1 aliphatic rings. The summed E-state index contributed by atoms with van der Waals surface area (Å²) in [6.45, 7) is 3.44. The molecule has 0 bridgehead atoms. The third-order valence-corrected chi connectivity index (χ3v) is 3.76. The normalized spacial score (nSPS) is 18.1. The Hall–Kier alpha value is -1.82. The molecule has 0 spiro atoms. The molecule has 0 N–H and O–H groups in total. The highest BCUT2D eigenvalue weighted by Gasteiger charge is 2.44. The second-order valence-electron chi connectivity index (χ2n) is 6.11. The first-order valence-electron chi connectivity index (χ1n) is 6.81. The van der Waals surface area contributed by atoms with Crippen LogP contribution in [-0.2, 0) is 14.3 Å². The number of carbonyl (C=O) groups is 2. The van der Waals surface area contributed by atoms with Crippen molar-refractivity contribution < 1.29 is 27.5 Å². The molecule has 0 aliphatic heterocycles. The fourth-order valence-electron chi connectivity index (χ4n) is 2.49. The molecule has 1 aromatic rings. The fourth-order valence-corrected chi connectivity index (χ4v) is 2.72. The van der Waals surface area contributed by atoms with E-state index < -0.39 is 23.3 Å². The Bertz CT molecular complexity index is 690. The number of alkyl halides is 3. The highest BCUT2D eigenvalue weighted by molar-refractivity contribution is 6.35. The summed E-state index contributed by atoms with van der Waals surface area (Å²) >= 11 is 6.04. The number of Topliss-reactive ketones (excluding diaryl/α,β-unsaturated/α-hetero) is 1. The van der Waals surface area contributed by atoms with Gasteiger partial charge in [0.25, 0.3) is 0 Å². The Kier molecular flexibility index (Phi) is 4.57. The molecule has 124 valence electrons. The van der Waals surface area contributed by atoms with Crippen molar-refractivity contribution in [1.29, 1.82) is 0 Å². The van der Waals surface area contributed by atoms with Gasteiger partial charge < -0.3 is 4.74 Å². The van der Waals surface area contributed by atoms with Crippen LogP contribution in [0.4, 0.5) is 13.2 Å². The highest BCUT2D eigenvalue weighted by Crippen LogP contribution is 2.42. The summed E-state index contributed by atoms with van der Waals surface area (Å²) in [6.07, 6.45) is -4.98. The van der Waals surface area contributed by atoms with Crippen molar-refractivity contribution in [2.75, 3.05) is 0 Å². The van der Waals surface area contributed by atoms with E-state index in [1.165, 1.54) is 12.1 Å². The fraction of sp³-hybridized carbons (Fsp3) is 0.375. The molecule has 0 saturated heterocycles. The lowest BCUT2D eigenvalue weighted by Gasteiger charge is -2.31. The van der Waals surface area contributed by atoms with Gasteiger partial charge in [0.2, 0.25) is 0 Å². The van der Waals surface area contributed by atoms with Gasteiger partial charge in [-0.1, -0.05) is 43.6 Å². The maximum absolute atomic E-state index is 12.5. The number of ketones is 1. The summed E-state index contributed by atoms with van der Waals surface area (Å²) in [6, 6.07) is 6.25. The van der Waals surface area contributed by atoms with Gasteiger partial charge in [-0.15, -0.1) is 0 Å². The lowest BCUT2D eigenvalue weighted by Crippen LogP contribution is -2.31. The highest BCUT2D eigenvalue weighted by atomic mass is 35.5. The van der Waals surface area contributed by atoms with Crippen LogP contribution in [0.5, 0.6) is 0 Å². The maximum Gasteiger partial charge on any atom is 0.491 e. The van der Waals surface area contributed by atoms with Gasteiger partial charge >= 0.3 is 12.1 Å². The molecule has 1 aromatic carbocycles. The number of allylic oxidation sites excluding steroid dienone is 2. The number of ether oxygens (including phenoxy) is 1. The Morgan fingerprint density at radius 2 is 1.83 bits per heavy atom. The molecule has 0 amide bonds. The zero-order chi connectivity index (χ0) is 17.4. The molecule has 23 heavy (non-hydrogen) atoms. The quantitative estimate of drug-likeness (QED) is 0.738. The predicted molar refractivity (Wildman–Crippen MR) is 78.5 cm³/mol. The van der Waals surface area contributed by atoms with E-state index in [4.69, 9.17) is 11.6 Å². The molecule has 0 saturated carbocycles. The Morgan fingerprint density at radius 1 is 1.22 bits per heavy atom. The van der Waals surface area contributed by atoms with Gasteiger partial charge in [0, 0.05) is 23.4 Å². The summed E-state index contributed by atoms with van der Waals surface area (Å²) in [4.78, 5) is 23.6. The molecule has 2 rings (SSSR count). The molecule has 0 atom stereocenters. The second kappa shape index (κ2) is 6.00. The van der Waals surface area contributed by atoms with Crippen LogP contribution in [0.2, 0.25) is 5.02 Å². The van der Waals surface area contributed by atoms with Crippen molar-refractivity contribution in [3.63, 3.8) is 0 Å². The van der Waals surface area contributed by atoms with Crippen LogP contribution in [0.15, 0.2) is 30.0 Å². The van der Waals surface area contributed by atoms with Gasteiger partial charge in [0.1, 0.15) is 5.76 Å². The molecule has 7 heteroatoms. The molecule has 0 unspecified atom stereocenters. The number of rotatable bonds is 2. The van der Waals surface area contributed by atoms with Gasteiger partial charge in [0.15, 0.2) is 5.78 Å². The maximum atomic E-state index is 12.5. The minimum absolute atomic E-state index is 0.0289. The summed E-state index contributed by atoms with van der Waals surface area (Å²) in [7, 11) is 0. The lowest BCUT2D eigenvalue weighted by atomic mass is 9.75. The first-order chi connectivity index (χ1) is 10.5. The minimum atomic E-state index is -5.14. The minimum Gasteiger partial charge on any atom is -0.424 e. The number of halogens is 4. The van der Waals surface area contributed by atoms with Gasteiger partial charge in [-0.05, 0) is 11.5 Å². The van der Waals surface area contributed by atoms with E-state index in [1.54, 1.807) is 26.0 Å². The van der Waals surface area contributed by atoms with E-state index in [0.717, 1.165) is 0 Å². The van der Waals surface area contributed by atoms with Crippen molar-refractivity contribution >= 4 is 28.9 Å². The Morgan fingerprint density at radius 3 is 2.39 bits per heavy atom. The van der Waals surface area contributed by atoms with Crippen LogP contribution in [0.3, 0.4) is 0 Å². The predicted octanol–water partition coefficient (Wildman–Crippen LogP) is 4.55. The van der Waals surface area contributed by atoms with E-state index >= 15 is 0 Å². The number of hydrogen-bond acceptors (Lipinski definition) is 3. The van der Waals surface area contributed by atoms with E-state index in [1.807, 2.05) is 0 Å². The average molecular weight is 347 g/mol. The van der Waals surface area contributed by atoms with Crippen LogP contribution >= 0.6 is 11.6 Å². The molecule has 0 aromatic heterocycles. The van der Waals surface area contributed by atoms with Crippen LogP contribution in [-0.4, -0.2) is 17.9 Å². The third kappa shape index (κ3) is 3.93. The van der Waals surface area contributed by atoms with E-state index in [-0.39, 0.29) is 34.8 Å². The van der Waals surface area contributed by atoms with Crippen LogP contribution in [0, 0.1) is 5.41 Å². The van der Waals surface area contributed by atoms with Crippen molar-refractivity contribution in [2.45, 2.75) is 32.9 Å². The molecular weight excluding hydrogens is 333 g/mol. The zero-order valence-corrected chi connectivity index (χ0v) is 13.2. The zero-order valence-electron chi connectivity index (χ0n) is 12.5. The SMILES string of the molecule is CC1(C)CC(=O)C(c2ccccc2Cl)=C(OC(=O)C(F)(F)F)C1. The topological polar surface area (TPSA) is 43.4 Å². The second-order valence-corrected chi connectivity index (χ2v) is 6.51. The number of esters is 1. The Labute approximate surface area is 136 Å². The Balaban J connectivity index is 2.55. The first kappa shape index (κ1) is 17.5. The van der Waals surface area contributed by atoms with Crippen molar-refractivity contribution in [3.05, 3.63) is 40.6 Å². The van der Waals surface area contributed by atoms with Crippen molar-refractivity contribution in [1.82, 2.24) is 0 Å². The van der Waals surface area contributed by atoms with Crippen LogP contribution in [0.25, 0.3) is 5.57 Å². The van der Waals surface area contributed by atoms with Gasteiger partial charge in [-0.3, -0.25) is 4.79 Å². The van der Waals surface area contributed by atoms with Gasteiger partial charge in [0.05, 0.1) is 5.57 Å². The van der Waals surface area contributed by atoms with E-state index in [0.29, 0.717) is 0 Å². The van der Waals surface area contributed by atoms with Crippen LogP contribution in [0.1, 0.15) is 32.3 Å². The van der Waals surface area contributed by atoms with Crippen LogP contribution < -0.4 is 0 Å². The summed E-state index contributed by atoms with van der Waals surface area (Å²) < 4.78 is 42.0. The largest absolute Gasteiger partial charge is 0.491 e. The molecular formula is C16H14ClF3O3. The van der Waals surface area contributed by atoms with Crippen molar-refractivity contribution in [2.24, 2.45) is 5.41 Å². The summed E-state index contributed by atoms with van der Waals surface area (Å²) in [5.41, 5.74) is -0.407. The van der Waals surface area contributed by atoms with E-state index in [2.05, 4.69) is 4.74 Å². The molecule has 1 aliphatic carbocycles. The molecule has 3 nitrogen and oxygen atoms in total. The number of benzene rings is 1. The first-order valence-corrected chi connectivity index (χ1v) is 7.19. The average Bonchev–Trinajstić information content (AvgIpc) is 2.37. The van der Waals surface area contributed by atoms with Crippen molar-refractivity contribution in [3.8, 4) is 0 Å². The number of carbonyl (C=O) groups excluding carboxylic acids is 2. The molecule has 0 radical (unpaired) electrons. The van der Waals surface area contributed by atoms with E-state index in [9.17, 15) is 22.8 Å². The third-order valence-electron chi connectivity index (χ3n) is 3.43. The standard InChI is InChI=1S/C16H14ClF3O3/c1-15(2)7-11(21)13(9-5-3-4-6-10(9)17)12(8-15)23-14(22)16(18,19)20/h3-6H,7-8H2,1-2H3. The smallest absolute Gasteiger partial charge is 0.424 e. The molecule has 0 fully saturated rings. The number of hydrogen-bond donors (Lipinski definition) is 0. The summed E-state index contributed by atoms with van der Waals surface area (Å²) in [5.74, 6) is -3.04. The lowest BCUT2D eigenvalue weighted by molar-refractivity contribution is -0.195.